The molecule has 6 nitrogen and oxygen atoms in total. The molecule has 2 fully saturated rings. The van der Waals surface area contributed by atoms with E-state index < -0.39 is 46.5 Å². The average Bonchev–Trinajstić information content (AvgIpc) is 3.64. The quantitative estimate of drug-likeness (QED) is 0.327. The van der Waals surface area contributed by atoms with E-state index in [0.717, 1.165) is 46.4 Å². The summed E-state index contributed by atoms with van der Waals surface area (Å²) in [5.74, 6) is -1.35. The number of halogens is 6. The van der Waals surface area contributed by atoms with E-state index in [-0.39, 0.29) is 37.6 Å². The molecule has 2 aliphatic rings. The Labute approximate surface area is 235 Å². The number of aromatic nitrogens is 1. The lowest BCUT2D eigenvalue weighted by Crippen LogP contribution is -2.62. The lowest BCUT2D eigenvalue weighted by Gasteiger charge is -2.43. The van der Waals surface area contributed by atoms with Crippen LogP contribution in [-0.2, 0) is 17.1 Å². The van der Waals surface area contributed by atoms with Crippen molar-refractivity contribution in [2.75, 3.05) is 26.2 Å². The second-order valence-corrected chi connectivity index (χ2v) is 11.1. The third-order valence-corrected chi connectivity index (χ3v) is 8.44. The molecule has 0 aliphatic carbocycles. The van der Waals surface area contributed by atoms with Crippen molar-refractivity contribution in [2.24, 2.45) is 0 Å². The number of carbonyl (C=O) groups is 2. The first kappa shape index (κ1) is 28.9. The standard InChI is InChI=1S/C28H25F6N3O3S/c29-27(30,31)19-4-6-20(7-5-19)40-26(25(39)36-13-9-18(16-36)23-3-1-14-41-23)10-2-12-37(17-26)24(38)21-15-35-11-8-22(21)28(32,33)34/h1,3-8,11,14-15,18H,2,9-10,12-13,16-17H2. The highest BCUT2D eigenvalue weighted by molar-refractivity contribution is 7.10. The number of carbonyl (C=O) groups excluding carboxylic acids is 2. The zero-order chi connectivity index (χ0) is 29.4. The minimum atomic E-state index is -4.81. The normalized spacial score (nSPS) is 21.7. The zero-order valence-corrected chi connectivity index (χ0v) is 22.4. The molecule has 0 spiro atoms. The molecule has 3 aromatic rings. The molecule has 13 heteroatoms. The summed E-state index contributed by atoms with van der Waals surface area (Å²) < 4.78 is 86.5. The molecular formula is C28H25F6N3O3S. The number of pyridine rings is 1. The predicted molar refractivity (Wildman–Crippen MR) is 137 cm³/mol. The minimum Gasteiger partial charge on any atom is -0.476 e. The van der Waals surface area contributed by atoms with Crippen LogP contribution in [0.3, 0.4) is 0 Å². The van der Waals surface area contributed by atoms with Crippen LogP contribution < -0.4 is 4.74 Å². The van der Waals surface area contributed by atoms with Crippen molar-refractivity contribution in [3.8, 4) is 5.75 Å². The second kappa shape index (κ2) is 11.0. The Morgan fingerprint density at radius 1 is 0.976 bits per heavy atom. The van der Waals surface area contributed by atoms with Crippen molar-refractivity contribution < 1.29 is 40.7 Å². The zero-order valence-electron chi connectivity index (χ0n) is 21.5. The van der Waals surface area contributed by atoms with Gasteiger partial charge in [0.1, 0.15) is 5.75 Å². The van der Waals surface area contributed by atoms with Gasteiger partial charge in [-0.05, 0) is 61.0 Å². The fraction of sp³-hybridized carbons (Fsp3) is 0.393. The topological polar surface area (TPSA) is 62.7 Å². The maximum absolute atomic E-state index is 14.1. The van der Waals surface area contributed by atoms with E-state index in [1.165, 1.54) is 0 Å². The van der Waals surface area contributed by atoms with Crippen molar-refractivity contribution in [3.05, 3.63) is 81.8 Å². The summed E-state index contributed by atoms with van der Waals surface area (Å²) in [6, 6.07) is 8.45. The number of hydrogen-bond acceptors (Lipinski definition) is 5. The fourth-order valence-electron chi connectivity index (χ4n) is 5.41. The van der Waals surface area contributed by atoms with Gasteiger partial charge in [-0.3, -0.25) is 14.6 Å². The Hall–Kier alpha value is -3.61. The van der Waals surface area contributed by atoms with Crippen LogP contribution in [0.15, 0.2) is 60.2 Å². The third kappa shape index (κ3) is 6.04. The van der Waals surface area contributed by atoms with Gasteiger partial charge in [0.2, 0.25) is 5.60 Å². The molecule has 0 N–H and O–H groups in total. The van der Waals surface area contributed by atoms with Gasteiger partial charge in [0.25, 0.3) is 11.8 Å². The summed E-state index contributed by atoms with van der Waals surface area (Å²) in [5.41, 5.74) is -4.42. The van der Waals surface area contributed by atoms with Crippen LogP contribution in [0.5, 0.6) is 5.75 Å². The van der Waals surface area contributed by atoms with Crippen LogP contribution in [0.4, 0.5) is 26.3 Å². The molecule has 2 aromatic heterocycles. The van der Waals surface area contributed by atoms with Crippen LogP contribution in [-0.4, -0.2) is 58.4 Å². The van der Waals surface area contributed by atoms with Crippen LogP contribution in [0.2, 0.25) is 0 Å². The molecule has 218 valence electrons. The van der Waals surface area contributed by atoms with E-state index in [1.54, 1.807) is 16.2 Å². The number of likely N-dealkylation sites (tertiary alicyclic amines) is 2. The van der Waals surface area contributed by atoms with Crippen molar-refractivity contribution in [2.45, 2.75) is 43.1 Å². The number of ether oxygens (including phenoxy) is 1. The van der Waals surface area contributed by atoms with E-state index >= 15 is 0 Å². The van der Waals surface area contributed by atoms with Crippen molar-refractivity contribution in [1.29, 1.82) is 0 Å². The maximum Gasteiger partial charge on any atom is 0.417 e. The largest absolute Gasteiger partial charge is 0.476 e. The van der Waals surface area contributed by atoms with Gasteiger partial charge in [-0.2, -0.15) is 26.3 Å². The van der Waals surface area contributed by atoms with Gasteiger partial charge in [-0.1, -0.05) is 6.07 Å². The molecule has 2 atom stereocenters. The predicted octanol–water partition coefficient (Wildman–Crippen LogP) is 6.25. The lowest BCUT2D eigenvalue weighted by molar-refractivity contribution is -0.151. The van der Waals surface area contributed by atoms with E-state index in [9.17, 15) is 35.9 Å². The molecule has 41 heavy (non-hydrogen) atoms. The molecule has 2 aliphatic heterocycles. The van der Waals surface area contributed by atoms with E-state index in [4.69, 9.17) is 4.74 Å². The van der Waals surface area contributed by atoms with Gasteiger partial charge >= 0.3 is 12.4 Å². The lowest BCUT2D eigenvalue weighted by atomic mass is 9.90. The van der Waals surface area contributed by atoms with E-state index in [2.05, 4.69) is 4.98 Å². The summed E-state index contributed by atoms with van der Waals surface area (Å²) in [6.45, 7) is 0.465. The highest BCUT2D eigenvalue weighted by Gasteiger charge is 2.50. The summed E-state index contributed by atoms with van der Waals surface area (Å²) in [6.07, 6.45) is -6.57. The molecule has 0 radical (unpaired) electrons. The molecule has 2 saturated heterocycles. The fourth-order valence-corrected chi connectivity index (χ4v) is 6.26. The van der Waals surface area contributed by atoms with E-state index in [0.29, 0.717) is 25.6 Å². The van der Waals surface area contributed by atoms with Crippen LogP contribution >= 0.6 is 11.3 Å². The third-order valence-electron chi connectivity index (χ3n) is 7.40. The molecule has 2 amide bonds. The molecule has 4 heterocycles. The number of nitrogens with zero attached hydrogens (tertiary/aromatic N) is 3. The second-order valence-electron chi connectivity index (χ2n) is 10.1. The smallest absolute Gasteiger partial charge is 0.417 e. The van der Waals surface area contributed by atoms with Crippen LogP contribution in [0, 0.1) is 0 Å². The molecule has 5 rings (SSSR count). The number of hydrogen-bond donors (Lipinski definition) is 0. The SMILES string of the molecule is O=C(c1cnccc1C(F)(F)F)N1CCCC(Oc2ccc(C(F)(F)F)cc2)(C(=O)N2CCC(c3cccs3)C2)C1. The molecule has 0 bridgehead atoms. The monoisotopic (exact) mass is 597 g/mol. The number of piperidine rings is 1. The number of alkyl halides is 6. The van der Waals surface area contributed by atoms with Gasteiger partial charge in [-0.25, -0.2) is 0 Å². The number of rotatable bonds is 5. The average molecular weight is 598 g/mol. The van der Waals surface area contributed by atoms with Gasteiger partial charge in [0, 0.05) is 42.8 Å². The van der Waals surface area contributed by atoms with E-state index in [1.807, 2.05) is 17.5 Å². The van der Waals surface area contributed by atoms with Gasteiger partial charge < -0.3 is 14.5 Å². The Kier molecular flexibility index (Phi) is 7.75. The molecule has 1 aromatic carbocycles. The Balaban J connectivity index is 1.46. The molecule has 0 saturated carbocycles. The number of benzene rings is 1. The Morgan fingerprint density at radius 3 is 2.39 bits per heavy atom. The Morgan fingerprint density at radius 2 is 1.73 bits per heavy atom. The summed E-state index contributed by atoms with van der Waals surface area (Å²) in [4.78, 5) is 35.0. The summed E-state index contributed by atoms with van der Waals surface area (Å²) in [7, 11) is 0. The number of amides is 2. The molecular weight excluding hydrogens is 572 g/mol. The highest BCUT2D eigenvalue weighted by atomic mass is 32.1. The van der Waals surface area contributed by atoms with Gasteiger partial charge in [0.05, 0.1) is 23.2 Å². The maximum atomic E-state index is 14.1. The minimum absolute atomic E-state index is 0.0213. The Bertz CT molecular complexity index is 1390. The first-order valence-corrected chi connectivity index (χ1v) is 13.7. The van der Waals surface area contributed by atoms with Crippen LogP contribution in [0.25, 0.3) is 0 Å². The van der Waals surface area contributed by atoms with Crippen LogP contribution in [0.1, 0.15) is 51.5 Å². The molecule has 2 unspecified atom stereocenters. The first-order chi connectivity index (χ1) is 19.4. The number of thiophene rings is 1. The van der Waals surface area contributed by atoms with Gasteiger partial charge in [0.15, 0.2) is 0 Å². The highest BCUT2D eigenvalue weighted by Crippen LogP contribution is 2.38. The van der Waals surface area contributed by atoms with Crippen molar-refractivity contribution >= 4 is 23.2 Å². The first-order valence-electron chi connectivity index (χ1n) is 12.9. The van der Waals surface area contributed by atoms with Crippen molar-refractivity contribution in [1.82, 2.24) is 14.8 Å². The summed E-state index contributed by atoms with van der Waals surface area (Å²) >= 11 is 1.57. The van der Waals surface area contributed by atoms with Crippen molar-refractivity contribution in [3.63, 3.8) is 0 Å². The summed E-state index contributed by atoms with van der Waals surface area (Å²) in [5, 5.41) is 1.94. The van der Waals surface area contributed by atoms with Gasteiger partial charge in [-0.15, -0.1) is 11.3 Å².